The van der Waals surface area contributed by atoms with E-state index in [-0.39, 0.29) is 12.1 Å². The number of halogens is 1. The number of amides is 2. The molecule has 3 aromatic rings. The Morgan fingerprint density at radius 2 is 2.28 bits per heavy atom. The molecule has 1 aliphatic rings. The molecular formula is C18H17BrN4OS. The topological polar surface area (TPSA) is 61.0 Å². The number of nitrogens with one attached hydrogen (secondary N) is 2. The van der Waals surface area contributed by atoms with E-state index >= 15 is 0 Å². The van der Waals surface area contributed by atoms with Gasteiger partial charge in [0.1, 0.15) is 5.69 Å². The van der Waals surface area contributed by atoms with Gasteiger partial charge in [-0.25, -0.2) is 4.79 Å². The minimum atomic E-state index is -0.0884. The summed E-state index contributed by atoms with van der Waals surface area (Å²) in [6.45, 7) is 2.62. The van der Waals surface area contributed by atoms with Crippen LogP contribution in [0.25, 0.3) is 10.6 Å². The number of hydrogen-bond acceptors (Lipinski definition) is 3. The lowest BCUT2D eigenvalue weighted by atomic mass is 9.99. The lowest BCUT2D eigenvalue weighted by Crippen LogP contribution is -2.44. The maximum Gasteiger partial charge on any atom is 0.322 e. The van der Waals surface area contributed by atoms with E-state index in [1.807, 2.05) is 40.6 Å². The first-order valence-corrected chi connectivity index (χ1v) is 9.72. The second-order valence-corrected chi connectivity index (χ2v) is 7.99. The summed E-state index contributed by atoms with van der Waals surface area (Å²) in [7, 11) is 0. The molecule has 1 unspecified atom stereocenters. The van der Waals surface area contributed by atoms with Crippen LogP contribution in [0.15, 0.2) is 46.3 Å². The van der Waals surface area contributed by atoms with Crippen molar-refractivity contribution in [3.8, 4) is 10.6 Å². The summed E-state index contributed by atoms with van der Waals surface area (Å²) >= 11 is 5.09. The normalized spacial score (nSPS) is 16.6. The van der Waals surface area contributed by atoms with Crippen molar-refractivity contribution in [3.05, 3.63) is 57.5 Å². The molecule has 2 amide bonds. The number of benzene rings is 1. The molecule has 0 aliphatic carbocycles. The SMILES string of the molecule is CC1Cc2[nH]nc(-c3cccs3)c2CN1C(=O)Nc1cccc(Br)c1. The molecule has 128 valence electrons. The van der Waals surface area contributed by atoms with Gasteiger partial charge < -0.3 is 10.2 Å². The first-order chi connectivity index (χ1) is 12.1. The van der Waals surface area contributed by atoms with Crippen LogP contribution in [0.5, 0.6) is 0 Å². The van der Waals surface area contributed by atoms with E-state index in [4.69, 9.17) is 0 Å². The molecule has 5 nitrogen and oxygen atoms in total. The molecule has 2 aromatic heterocycles. The molecule has 3 heterocycles. The molecule has 0 bridgehead atoms. The monoisotopic (exact) mass is 416 g/mol. The summed E-state index contributed by atoms with van der Waals surface area (Å²) in [6.07, 6.45) is 0.777. The van der Waals surface area contributed by atoms with Gasteiger partial charge in [0.25, 0.3) is 0 Å². The Morgan fingerprint density at radius 1 is 1.40 bits per heavy atom. The van der Waals surface area contributed by atoms with Gasteiger partial charge in [-0.1, -0.05) is 28.1 Å². The summed E-state index contributed by atoms with van der Waals surface area (Å²) < 4.78 is 0.939. The van der Waals surface area contributed by atoms with Crippen molar-refractivity contribution in [2.75, 3.05) is 5.32 Å². The minimum Gasteiger partial charge on any atom is -0.317 e. The number of thiophene rings is 1. The summed E-state index contributed by atoms with van der Waals surface area (Å²) in [6, 6.07) is 11.7. The van der Waals surface area contributed by atoms with Gasteiger partial charge in [-0.2, -0.15) is 5.10 Å². The van der Waals surface area contributed by atoms with Crippen molar-refractivity contribution in [1.29, 1.82) is 0 Å². The molecule has 0 radical (unpaired) electrons. The third-order valence-corrected chi connectivity index (χ3v) is 5.77. The second-order valence-electron chi connectivity index (χ2n) is 6.13. The van der Waals surface area contributed by atoms with Gasteiger partial charge in [-0.05, 0) is 36.6 Å². The Balaban J connectivity index is 1.58. The van der Waals surface area contributed by atoms with E-state index in [2.05, 4.69) is 44.4 Å². The van der Waals surface area contributed by atoms with Gasteiger partial charge >= 0.3 is 6.03 Å². The number of fused-ring (bicyclic) bond motifs is 1. The molecular weight excluding hydrogens is 400 g/mol. The molecule has 4 rings (SSSR count). The zero-order valence-corrected chi connectivity index (χ0v) is 16.0. The van der Waals surface area contributed by atoms with E-state index in [1.165, 1.54) is 0 Å². The highest BCUT2D eigenvalue weighted by Crippen LogP contribution is 2.33. The Bertz CT molecular complexity index is 906. The lowest BCUT2D eigenvalue weighted by molar-refractivity contribution is 0.182. The van der Waals surface area contributed by atoms with Crippen LogP contribution < -0.4 is 5.32 Å². The standard InChI is InChI=1S/C18H17BrN4OS/c1-11-8-15-14(17(22-21-15)16-6-3-7-25-16)10-23(11)18(24)20-13-5-2-4-12(19)9-13/h2-7,9,11H,8,10H2,1H3,(H,20,24)(H,21,22). The van der Waals surface area contributed by atoms with Gasteiger partial charge in [-0.3, -0.25) is 5.10 Å². The van der Waals surface area contributed by atoms with Crippen LogP contribution in [0.3, 0.4) is 0 Å². The van der Waals surface area contributed by atoms with Gasteiger partial charge in [-0.15, -0.1) is 11.3 Å². The van der Waals surface area contributed by atoms with Crippen molar-refractivity contribution in [1.82, 2.24) is 15.1 Å². The number of anilines is 1. The first kappa shape index (κ1) is 16.4. The molecule has 0 saturated carbocycles. The number of rotatable bonds is 2. The fourth-order valence-electron chi connectivity index (χ4n) is 3.12. The van der Waals surface area contributed by atoms with Crippen LogP contribution in [-0.2, 0) is 13.0 Å². The Labute approximate surface area is 158 Å². The Hall–Kier alpha value is -2.12. The van der Waals surface area contributed by atoms with Crippen LogP contribution in [0.2, 0.25) is 0 Å². The predicted molar refractivity (Wildman–Crippen MR) is 104 cm³/mol. The van der Waals surface area contributed by atoms with E-state index < -0.39 is 0 Å². The molecule has 0 fully saturated rings. The van der Waals surface area contributed by atoms with Gasteiger partial charge in [0.05, 0.1) is 11.4 Å². The predicted octanol–water partition coefficient (Wildman–Crippen LogP) is 4.88. The van der Waals surface area contributed by atoms with Gasteiger partial charge in [0.2, 0.25) is 0 Å². The molecule has 7 heteroatoms. The number of hydrogen-bond donors (Lipinski definition) is 2. The number of H-pyrrole nitrogens is 1. The van der Waals surface area contributed by atoms with Crippen molar-refractivity contribution in [2.45, 2.75) is 25.9 Å². The largest absolute Gasteiger partial charge is 0.322 e. The number of nitrogens with zero attached hydrogens (tertiary/aromatic N) is 2. The highest BCUT2D eigenvalue weighted by Gasteiger charge is 2.30. The van der Waals surface area contributed by atoms with E-state index in [9.17, 15) is 4.79 Å². The smallest absolute Gasteiger partial charge is 0.317 e. The van der Waals surface area contributed by atoms with Crippen LogP contribution in [0.4, 0.5) is 10.5 Å². The maximum atomic E-state index is 12.8. The summed E-state index contributed by atoms with van der Waals surface area (Å²) in [5.74, 6) is 0. The average molecular weight is 417 g/mol. The molecule has 1 aromatic carbocycles. The van der Waals surface area contributed by atoms with Crippen LogP contribution >= 0.6 is 27.3 Å². The number of urea groups is 1. The van der Waals surface area contributed by atoms with E-state index in [0.29, 0.717) is 6.54 Å². The molecule has 25 heavy (non-hydrogen) atoms. The first-order valence-electron chi connectivity index (χ1n) is 8.05. The molecule has 0 saturated heterocycles. The lowest BCUT2D eigenvalue weighted by Gasteiger charge is -2.33. The summed E-state index contributed by atoms with van der Waals surface area (Å²) in [4.78, 5) is 15.8. The zero-order valence-electron chi connectivity index (χ0n) is 13.6. The summed E-state index contributed by atoms with van der Waals surface area (Å²) in [5, 5.41) is 12.7. The number of carbonyl (C=O) groups excluding carboxylic acids is 1. The molecule has 1 aliphatic heterocycles. The van der Waals surface area contributed by atoms with E-state index in [0.717, 1.165) is 38.4 Å². The molecule has 0 spiro atoms. The van der Waals surface area contributed by atoms with Crippen molar-refractivity contribution < 1.29 is 4.79 Å². The Morgan fingerprint density at radius 3 is 3.04 bits per heavy atom. The molecule has 1 atom stereocenters. The average Bonchev–Trinajstić information content (AvgIpc) is 3.22. The van der Waals surface area contributed by atoms with Crippen molar-refractivity contribution >= 4 is 39.0 Å². The maximum absolute atomic E-state index is 12.8. The highest BCUT2D eigenvalue weighted by molar-refractivity contribution is 9.10. The van der Waals surface area contributed by atoms with Crippen LogP contribution in [-0.4, -0.2) is 27.2 Å². The summed E-state index contributed by atoms with van der Waals surface area (Å²) in [5.41, 5.74) is 3.98. The van der Waals surface area contributed by atoms with Gasteiger partial charge in [0, 0.05) is 33.9 Å². The quantitative estimate of drug-likeness (QED) is 0.625. The van der Waals surface area contributed by atoms with Crippen molar-refractivity contribution in [3.63, 3.8) is 0 Å². The minimum absolute atomic E-state index is 0.0884. The van der Waals surface area contributed by atoms with Crippen LogP contribution in [0, 0.1) is 0 Å². The fraction of sp³-hybridized carbons (Fsp3) is 0.222. The van der Waals surface area contributed by atoms with E-state index in [1.54, 1.807) is 11.3 Å². The third-order valence-electron chi connectivity index (χ3n) is 4.40. The number of aromatic amines is 1. The third kappa shape index (κ3) is 3.21. The number of aromatic nitrogens is 2. The number of carbonyl (C=O) groups is 1. The van der Waals surface area contributed by atoms with Gasteiger partial charge in [0.15, 0.2) is 0 Å². The zero-order chi connectivity index (χ0) is 17.4. The Kier molecular flexibility index (Phi) is 4.35. The van der Waals surface area contributed by atoms with Crippen molar-refractivity contribution in [2.24, 2.45) is 0 Å². The molecule has 2 N–H and O–H groups in total. The van der Waals surface area contributed by atoms with Crippen LogP contribution in [0.1, 0.15) is 18.2 Å². The fourth-order valence-corrected chi connectivity index (χ4v) is 4.26. The second kappa shape index (κ2) is 6.65. The highest BCUT2D eigenvalue weighted by atomic mass is 79.9.